The van der Waals surface area contributed by atoms with E-state index in [4.69, 9.17) is 5.26 Å². The van der Waals surface area contributed by atoms with Crippen LogP contribution in [0.4, 0.5) is 5.69 Å². The van der Waals surface area contributed by atoms with Gasteiger partial charge in [-0.15, -0.1) is 0 Å². The molecule has 1 heterocycles. The van der Waals surface area contributed by atoms with Crippen LogP contribution in [0.3, 0.4) is 0 Å². The second kappa shape index (κ2) is 5.66. The molecule has 0 saturated carbocycles. The first kappa shape index (κ1) is 13.3. The molecular formula is C15H16N2O2. The summed E-state index contributed by atoms with van der Waals surface area (Å²) in [6, 6.07) is 9.48. The Labute approximate surface area is 112 Å². The zero-order valence-electron chi connectivity index (χ0n) is 10.9. The van der Waals surface area contributed by atoms with Gasteiger partial charge in [-0.1, -0.05) is 18.2 Å². The van der Waals surface area contributed by atoms with Crippen molar-refractivity contribution >= 4 is 17.4 Å². The van der Waals surface area contributed by atoms with Crippen LogP contribution in [0, 0.1) is 24.2 Å². The van der Waals surface area contributed by atoms with Crippen LogP contribution in [0.1, 0.15) is 24.8 Å². The number of ketones is 1. The molecule has 1 unspecified atom stereocenters. The Kier molecular flexibility index (Phi) is 3.96. The van der Waals surface area contributed by atoms with Crippen LogP contribution in [0.25, 0.3) is 0 Å². The molecule has 4 nitrogen and oxygen atoms in total. The van der Waals surface area contributed by atoms with Crippen molar-refractivity contribution in [3.63, 3.8) is 0 Å². The van der Waals surface area contributed by atoms with Crippen molar-refractivity contribution in [1.29, 1.82) is 5.26 Å². The zero-order chi connectivity index (χ0) is 13.8. The maximum atomic E-state index is 12.4. The van der Waals surface area contributed by atoms with Crippen LogP contribution in [-0.2, 0) is 9.59 Å². The number of nitriles is 1. The van der Waals surface area contributed by atoms with Crippen LogP contribution in [-0.4, -0.2) is 18.2 Å². The Balaban J connectivity index is 2.24. The van der Waals surface area contributed by atoms with E-state index in [1.807, 2.05) is 37.3 Å². The van der Waals surface area contributed by atoms with Crippen molar-refractivity contribution in [3.05, 3.63) is 29.8 Å². The highest BCUT2D eigenvalue weighted by atomic mass is 16.2. The number of carbonyl (C=O) groups excluding carboxylic acids is 2. The highest BCUT2D eigenvalue weighted by Gasteiger charge is 2.34. The predicted octanol–water partition coefficient (Wildman–Crippen LogP) is 2.22. The summed E-state index contributed by atoms with van der Waals surface area (Å²) >= 11 is 0. The van der Waals surface area contributed by atoms with Gasteiger partial charge in [-0.25, -0.2) is 0 Å². The number of piperidine rings is 1. The van der Waals surface area contributed by atoms with E-state index in [1.54, 1.807) is 4.90 Å². The van der Waals surface area contributed by atoms with Gasteiger partial charge in [-0.3, -0.25) is 9.59 Å². The fourth-order valence-corrected chi connectivity index (χ4v) is 2.48. The van der Waals surface area contributed by atoms with E-state index >= 15 is 0 Å². The third-order valence-electron chi connectivity index (χ3n) is 3.49. The Hall–Kier alpha value is -2.15. The highest BCUT2D eigenvalue weighted by Crippen LogP contribution is 2.27. The summed E-state index contributed by atoms with van der Waals surface area (Å²) in [6.45, 7) is 2.59. The van der Waals surface area contributed by atoms with Crippen molar-refractivity contribution in [2.75, 3.05) is 11.4 Å². The topological polar surface area (TPSA) is 61.2 Å². The number of amides is 1. The first-order valence-corrected chi connectivity index (χ1v) is 6.42. The molecule has 1 atom stereocenters. The summed E-state index contributed by atoms with van der Waals surface area (Å²) in [4.78, 5) is 25.9. The lowest BCUT2D eigenvalue weighted by Gasteiger charge is -2.32. The van der Waals surface area contributed by atoms with Gasteiger partial charge in [0.05, 0.1) is 18.4 Å². The van der Waals surface area contributed by atoms with Gasteiger partial charge < -0.3 is 4.90 Å². The Morgan fingerprint density at radius 3 is 2.89 bits per heavy atom. The number of benzene rings is 1. The van der Waals surface area contributed by atoms with Crippen molar-refractivity contribution in [1.82, 2.24) is 0 Å². The zero-order valence-corrected chi connectivity index (χ0v) is 10.9. The van der Waals surface area contributed by atoms with E-state index < -0.39 is 5.92 Å². The molecule has 19 heavy (non-hydrogen) atoms. The minimum Gasteiger partial charge on any atom is -0.312 e. The predicted molar refractivity (Wildman–Crippen MR) is 71.5 cm³/mol. The summed E-state index contributed by atoms with van der Waals surface area (Å²) in [5.41, 5.74) is 1.88. The standard InChI is InChI=1S/C15H16N2O2/c1-11-5-2-3-7-13(11)17-10-4-6-12(15(17)19)14(18)8-9-16/h2-3,5,7,12H,4,6,8,10H2,1H3. The molecule has 1 saturated heterocycles. The van der Waals surface area contributed by atoms with E-state index in [0.29, 0.717) is 13.0 Å². The monoisotopic (exact) mass is 256 g/mol. The van der Waals surface area contributed by atoms with Gasteiger partial charge in [-0.05, 0) is 31.4 Å². The van der Waals surface area contributed by atoms with E-state index in [2.05, 4.69) is 0 Å². The van der Waals surface area contributed by atoms with Crippen LogP contribution < -0.4 is 4.90 Å². The van der Waals surface area contributed by atoms with Gasteiger partial charge >= 0.3 is 0 Å². The lowest BCUT2D eigenvalue weighted by Crippen LogP contribution is -2.44. The summed E-state index contributed by atoms with van der Waals surface area (Å²) in [5.74, 6) is -1.07. The molecule has 98 valence electrons. The first-order valence-electron chi connectivity index (χ1n) is 6.42. The fourth-order valence-electron chi connectivity index (χ4n) is 2.48. The summed E-state index contributed by atoms with van der Waals surface area (Å²) in [5, 5.41) is 8.58. The maximum Gasteiger partial charge on any atom is 0.237 e. The van der Waals surface area contributed by atoms with Crippen molar-refractivity contribution in [3.8, 4) is 6.07 Å². The second-order valence-corrected chi connectivity index (χ2v) is 4.77. The molecule has 1 aromatic carbocycles. The summed E-state index contributed by atoms with van der Waals surface area (Å²) in [6.07, 6.45) is 1.17. The lowest BCUT2D eigenvalue weighted by atomic mass is 9.91. The van der Waals surface area contributed by atoms with Gasteiger partial charge in [0.15, 0.2) is 5.78 Å². The van der Waals surface area contributed by atoms with E-state index in [1.165, 1.54) is 0 Å². The molecular weight excluding hydrogens is 240 g/mol. The van der Waals surface area contributed by atoms with Crippen molar-refractivity contribution < 1.29 is 9.59 Å². The molecule has 0 radical (unpaired) electrons. The molecule has 0 aromatic heterocycles. The average Bonchev–Trinajstić information content (AvgIpc) is 2.40. The number of Topliss-reactive ketones (excluding diaryl/α,β-unsaturated/α-hetero) is 1. The minimum absolute atomic E-state index is 0.166. The van der Waals surface area contributed by atoms with Gasteiger partial charge in [0.2, 0.25) is 5.91 Å². The normalized spacial score (nSPS) is 19.1. The SMILES string of the molecule is Cc1ccccc1N1CCCC(C(=O)CC#N)C1=O. The molecule has 4 heteroatoms. The van der Waals surface area contributed by atoms with Gasteiger partial charge in [-0.2, -0.15) is 5.26 Å². The van der Waals surface area contributed by atoms with Gasteiger partial charge in [0.1, 0.15) is 0 Å². The van der Waals surface area contributed by atoms with Crippen molar-refractivity contribution in [2.24, 2.45) is 5.92 Å². The highest BCUT2D eigenvalue weighted by molar-refractivity contribution is 6.09. The Morgan fingerprint density at radius 2 is 2.21 bits per heavy atom. The largest absolute Gasteiger partial charge is 0.312 e. The Morgan fingerprint density at radius 1 is 1.47 bits per heavy atom. The second-order valence-electron chi connectivity index (χ2n) is 4.77. The number of para-hydroxylation sites is 1. The number of anilines is 1. The molecule has 0 N–H and O–H groups in total. The molecule has 1 aliphatic heterocycles. The number of carbonyl (C=O) groups is 2. The number of hydrogen-bond acceptors (Lipinski definition) is 3. The lowest BCUT2D eigenvalue weighted by molar-refractivity contribution is -0.133. The van der Waals surface area contributed by atoms with Gasteiger partial charge in [0, 0.05) is 12.2 Å². The van der Waals surface area contributed by atoms with Crippen LogP contribution in [0.2, 0.25) is 0 Å². The molecule has 1 aromatic rings. The summed E-state index contributed by atoms with van der Waals surface area (Å²) in [7, 11) is 0. The van der Waals surface area contributed by atoms with Crippen LogP contribution in [0.5, 0.6) is 0 Å². The van der Waals surface area contributed by atoms with Crippen LogP contribution in [0.15, 0.2) is 24.3 Å². The number of nitrogens with zero attached hydrogens (tertiary/aromatic N) is 2. The third-order valence-corrected chi connectivity index (χ3v) is 3.49. The quantitative estimate of drug-likeness (QED) is 0.779. The maximum absolute atomic E-state index is 12.4. The van der Waals surface area contributed by atoms with E-state index in [9.17, 15) is 9.59 Å². The van der Waals surface area contributed by atoms with E-state index in [0.717, 1.165) is 17.7 Å². The Bertz CT molecular complexity index is 545. The number of aryl methyl sites for hydroxylation is 1. The molecule has 1 fully saturated rings. The minimum atomic E-state index is -0.645. The first-order chi connectivity index (χ1) is 9.15. The fraction of sp³-hybridized carbons (Fsp3) is 0.400. The molecule has 2 rings (SSSR count). The van der Waals surface area contributed by atoms with Gasteiger partial charge in [0.25, 0.3) is 0 Å². The molecule has 0 bridgehead atoms. The molecule has 1 aliphatic rings. The molecule has 0 aliphatic carbocycles. The third kappa shape index (κ3) is 2.65. The molecule has 0 spiro atoms. The van der Waals surface area contributed by atoms with Crippen LogP contribution >= 0.6 is 0 Å². The number of hydrogen-bond donors (Lipinski definition) is 0. The molecule has 1 amide bonds. The summed E-state index contributed by atoms with van der Waals surface area (Å²) < 4.78 is 0. The smallest absolute Gasteiger partial charge is 0.237 e. The average molecular weight is 256 g/mol. The van der Waals surface area contributed by atoms with Crippen molar-refractivity contribution in [2.45, 2.75) is 26.2 Å². The van der Waals surface area contributed by atoms with E-state index in [-0.39, 0.29) is 18.1 Å². The number of rotatable bonds is 3.